The van der Waals surface area contributed by atoms with Crippen LogP contribution in [0, 0.1) is 0 Å². The molecule has 5 amide bonds. The first-order valence-corrected chi connectivity index (χ1v) is 9.39. The Kier molecular flexibility index (Phi) is 6.01. The van der Waals surface area contributed by atoms with E-state index in [4.69, 9.17) is 5.11 Å². The van der Waals surface area contributed by atoms with Gasteiger partial charge in [0.15, 0.2) is 0 Å². The van der Waals surface area contributed by atoms with Crippen LogP contribution < -0.4 is 16.0 Å². The predicted octanol–water partition coefficient (Wildman–Crippen LogP) is -0.919. The molecule has 3 unspecified atom stereocenters. The van der Waals surface area contributed by atoms with Gasteiger partial charge in [0, 0.05) is 25.1 Å². The van der Waals surface area contributed by atoms with Crippen LogP contribution in [0.25, 0.3) is 0 Å². The number of aliphatic hydroxyl groups excluding tert-OH is 1. The highest BCUT2D eigenvalue weighted by Gasteiger charge is 2.39. The van der Waals surface area contributed by atoms with Gasteiger partial charge in [0.1, 0.15) is 12.1 Å². The van der Waals surface area contributed by atoms with E-state index in [0.29, 0.717) is 16.7 Å². The first-order chi connectivity index (χ1) is 14.2. The fraction of sp³-hybridized carbons (Fsp3) is 0.421. The van der Waals surface area contributed by atoms with Crippen LogP contribution in [0.15, 0.2) is 18.2 Å². The van der Waals surface area contributed by atoms with Crippen molar-refractivity contribution in [2.75, 3.05) is 0 Å². The second-order valence-corrected chi connectivity index (χ2v) is 7.28. The number of amides is 5. The van der Waals surface area contributed by atoms with Crippen molar-refractivity contribution in [2.24, 2.45) is 0 Å². The van der Waals surface area contributed by atoms with Crippen molar-refractivity contribution < 1.29 is 34.2 Å². The van der Waals surface area contributed by atoms with Crippen molar-refractivity contribution in [1.29, 1.82) is 0 Å². The number of piperidine rings is 1. The van der Waals surface area contributed by atoms with Crippen molar-refractivity contribution in [1.82, 2.24) is 20.9 Å². The van der Waals surface area contributed by atoms with Gasteiger partial charge in [0.05, 0.1) is 6.10 Å². The highest BCUT2D eigenvalue weighted by Crippen LogP contribution is 2.28. The molecule has 0 spiro atoms. The second kappa shape index (κ2) is 8.49. The van der Waals surface area contributed by atoms with Crippen LogP contribution in [0.5, 0.6) is 0 Å². The van der Waals surface area contributed by atoms with Gasteiger partial charge >= 0.3 is 6.09 Å². The Balaban J connectivity index is 1.66. The van der Waals surface area contributed by atoms with E-state index in [1.54, 1.807) is 18.2 Å². The van der Waals surface area contributed by atoms with Crippen molar-refractivity contribution in [2.45, 2.75) is 51.0 Å². The molecule has 0 saturated carbocycles. The summed E-state index contributed by atoms with van der Waals surface area (Å²) in [6, 6.07) is 2.95. The Morgan fingerprint density at radius 1 is 1.30 bits per heavy atom. The lowest BCUT2D eigenvalue weighted by molar-refractivity contribution is -0.137. The summed E-state index contributed by atoms with van der Waals surface area (Å²) in [4.78, 5) is 60.4. The molecule has 160 valence electrons. The van der Waals surface area contributed by atoms with E-state index in [1.165, 1.54) is 11.8 Å². The zero-order valence-corrected chi connectivity index (χ0v) is 16.2. The number of carboxylic acid groups (broad SMARTS) is 1. The van der Waals surface area contributed by atoms with E-state index in [1.807, 2.05) is 5.32 Å². The molecule has 2 aliphatic heterocycles. The first kappa shape index (κ1) is 21.2. The van der Waals surface area contributed by atoms with E-state index < -0.39 is 36.1 Å². The molecule has 3 atom stereocenters. The molecule has 3 rings (SSSR count). The fourth-order valence-electron chi connectivity index (χ4n) is 3.58. The Bertz CT molecular complexity index is 914. The van der Waals surface area contributed by atoms with Gasteiger partial charge in [-0.3, -0.25) is 24.5 Å². The van der Waals surface area contributed by atoms with Crippen molar-refractivity contribution in [3.63, 3.8) is 0 Å². The molecule has 0 radical (unpaired) electrons. The maximum absolute atomic E-state index is 12.7. The summed E-state index contributed by atoms with van der Waals surface area (Å²) < 4.78 is 0. The molecular formula is C19H22N4O7. The van der Waals surface area contributed by atoms with Crippen LogP contribution in [0.3, 0.4) is 0 Å². The van der Waals surface area contributed by atoms with Crippen LogP contribution in [0.4, 0.5) is 4.79 Å². The highest BCUT2D eigenvalue weighted by molar-refractivity contribution is 6.05. The third-order valence-corrected chi connectivity index (χ3v) is 5.10. The van der Waals surface area contributed by atoms with Crippen molar-refractivity contribution in [3.05, 3.63) is 34.9 Å². The van der Waals surface area contributed by atoms with E-state index in [2.05, 4.69) is 10.6 Å². The molecule has 2 heterocycles. The molecule has 1 aromatic carbocycles. The number of aliphatic hydroxyl groups is 1. The van der Waals surface area contributed by atoms with Crippen LogP contribution in [-0.2, 0) is 27.5 Å². The van der Waals surface area contributed by atoms with E-state index >= 15 is 0 Å². The average Bonchev–Trinajstić information content (AvgIpc) is 2.99. The molecule has 1 aromatic rings. The molecule has 0 bridgehead atoms. The minimum absolute atomic E-state index is 0.0588. The predicted molar refractivity (Wildman–Crippen MR) is 101 cm³/mol. The third kappa shape index (κ3) is 4.40. The summed E-state index contributed by atoms with van der Waals surface area (Å²) in [5.41, 5.74) is 1.80. The van der Waals surface area contributed by atoms with Gasteiger partial charge in [-0.2, -0.15) is 0 Å². The quantitative estimate of drug-likeness (QED) is 0.373. The number of benzene rings is 1. The smallest absolute Gasteiger partial charge is 0.405 e. The normalized spacial score (nSPS) is 20.3. The lowest BCUT2D eigenvalue weighted by atomic mass is 10.0. The number of carbonyl (C=O) groups excluding carboxylic acids is 4. The average molecular weight is 418 g/mol. The summed E-state index contributed by atoms with van der Waals surface area (Å²) in [7, 11) is 0. The lowest BCUT2D eigenvalue weighted by Crippen LogP contribution is -2.52. The van der Waals surface area contributed by atoms with Gasteiger partial charge in [-0.05, 0) is 30.5 Å². The van der Waals surface area contributed by atoms with E-state index in [9.17, 15) is 29.1 Å². The van der Waals surface area contributed by atoms with Crippen LogP contribution >= 0.6 is 0 Å². The number of fused-ring (bicyclic) bond motifs is 1. The minimum Gasteiger partial charge on any atom is -0.465 e. The fourth-order valence-corrected chi connectivity index (χ4v) is 3.58. The molecule has 0 aliphatic carbocycles. The molecule has 5 N–H and O–H groups in total. The Morgan fingerprint density at radius 2 is 2.03 bits per heavy atom. The summed E-state index contributed by atoms with van der Waals surface area (Å²) in [5.74, 6) is -1.83. The van der Waals surface area contributed by atoms with Gasteiger partial charge in [-0.15, -0.1) is 0 Å². The number of nitrogens with zero attached hydrogens (tertiary/aromatic N) is 1. The monoisotopic (exact) mass is 418 g/mol. The molecule has 1 fully saturated rings. The topological polar surface area (TPSA) is 165 Å². The Labute approximate surface area is 171 Å². The zero-order chi connectivity index (χ0) is 22.0. The Hall–Kier alpha value is -3.47. The van der Waals surface area contributed by atoms with Crippen molar-refractivity contribution in [3.8, 4) is 0 Å². The number of nitrogens with one attached hydrogen (secondary N) is 3. The molecular weight excluding hydrogens is 396 g/mol. The van der Waals surface area contributed by atoms with Crippen molar-refractivity contribution >= 4 is 29.7 Å². The van der Waals surface area contributed by atoms with Gasteiger partial charge in [0.25, 0.3) is 5.91 Å². The van der Waals surface area contributed by atoms with Crippen LogP contribution in [0.2, 0.25) is 0 Å². The number of rotatable bonds is 6. The van der Waals surface area contributed by atoms with E-state index in [0.717, 1.165) is 0 Å². The molecule has 11 heteroatoms. The maximum atomic E-state index is 12.7. The SMILES string of the molecule is CC(O)C(NC(=O)O)C(=O)NCc1ccc2c(c1)CN(C1CCC(=O)NC1=O)C2=O. The third-order valence-electron chi connectivity index (χ3n) is 5.10. The number of imide groups is 1. The van der Waals surface area contributed by atoms with Gasteiger partial charge in [-0.1, -0.05) is 12.1 Å². The number of hydrogen-bond acceptors (Lipinski definition) is 6. The summed E-state index contributed by atoms with van der Waals surface area (Å²) in [6.07, 6.45) is -2.21. The minimum atomic E-state index is -1.43. The Morgan fingerprint density at radius 3 is 2.67 bits per heavy atom. The van der Waals surface area contributed by atoms with Crippen LogP contribution in [-0.4, -0.2) is 63.0 Å². The maximum Gasteiger partial charge on any atom is 0.405 e. The van der Waals surface area contributed by atoms with Gasteiger partial charge in [-0.25, -0.2) is 4.79 Å². The number of hydrogen-bond donors (Lipinski definition) is 5. The molecule has 11 nitrogen and oxygen atoms in total. The summed E-state index contributed by atoms with van der Waals surface area (Å²) in [5, 5.41) is 25.1. The summed E-state index contributed by atoms with van der Waals surface area (Å²) in [6.45, 7) is 1.56. The van der Waals surface area contributed by atoms with E-state index in [-0.39, 0.29) is 37.7 Å². The lowest BCUT2D eigenvalue weighted by Gasteiger charge is -2.29. The standard InChI is InChI=1S/C19H22N4O7/c1-9(24)15(22-19(29)30)17(27)20-7-10-2-3-12-11(6-10)8-23(18(12)28)13-4-5-14(25)21-16(13)26/h2-3,6,9,13,15,22,24H,4-5,7-8H2,1H3,(H,20,27)(H,29,30)(H,21,25,26). The van der Waals surface area contributed by atoms with Gasteiger partial charge < -0.3 is 25.7 Å². The van der Waals surface area contributed by atoms with Gasteiger partial charge in [0.2, 0.25) is 17.7 Å². The van der Waals surface area contributed by atoms with Crippen LogP contribution in [0.1, 0.15) is 41.3 Å². The molecule has 30 heavy (non-hydrogen) atoms. The molecule has 2 aliphatic rings. The zero-order valence-electron chi connectivity index (χ0n) is 16.2. The highest BCUT2D eigenvalue weighted by atomic mass is 16.4. The first-order valence-electron chi connectivity index (χ1n) is 9.39. The summed E-state index contributed by atoms with van der Waals surface area (Å²) >= 11 is 0. The second-order valence-electron chi connectivity index (χ2n) is 7.28. The molecule has 1 saturated heterocycles. The largest absolute Gasteiger partial charge is 0.465 e. The molecule has 0 aromatic heterocycles. The number of carbonyl (C=O) groups is 5.